The van der Waals surface area contributed by atoms with Crippen molar-refractivity contribution >= 4 is 22.9 Å². The maximum atomic E-state index is 15.3. The Bertz CT molecular complexity index is 1690. The van der Waals surface area contributed by atoms with E-state index in [1.54, 1.807) is 48.8 Å². The van der Waals surface area contributed by atoms with E-state index in [0.717, 1.165) is 16.6 Å². The minimum Gasteiger partial charge on any atom is -0.481 e. The van der Waals surface area contributed by atoms with Gasteiger partial charge >= 0.3 is 6.09 Å². The van der Waals surface area contributed by atoms with Gasteiger partial charge in [-0.05, 0) is 48.4 Å². The Morgan fingerprint density at radius 1 is 1.02 bits per heavy atom. The topological polar surface area (TPSA) is 82.4 Å². The number of methoxy groups -OCH3 is 1. The molecule has 0 bridgehead atoms. The molecular weight excluding hydrogens is 516 g/mol. The Morgan fingerprint density at radius 3 is 2.50 bits per heavy atom. The van der Waals surface area contributed by atoms with Gasteiger partial charge in [0, 0.05) is 42.1 Å². The lowest BCUT2D eigenvalue weighted by molar-refractivity contribution is 0.181. The van der Waals surface area contributed by atoms with E-state index in [1.165, 1.54) is 30.2 Å². The number of pyridine rings is 2. The van der Waals surface area contributed by atoms with Crippen molar-refractivity contribution in [3.63, 3.8) is 0 Å². The Hall–Kier alpha value is -4.86. The molecule has 1 amide bonds. The number of amides is 1. The highest BCUT2D eigenvalue weighted by molar-refractivity contribution is 5.88. The second-order valence-corrected chi connectivity index (χ2v) is 9.50. The first kappa shape index (κ1) is 25.4. The van der Waals surface area contributed by atoms with Gasteiger partial charge in [0.1, 0.15) is 29.9 Å². The first-order chi connectivity index (χ1) is 19.4. The fourth-order valence-electron chi connectivity index (χ4n) is 4.96. The molecule has 3 aromatic heterocycles. The average molecular weight is 542 g/mol. The van der Waals surface area contributed by atoms with Crippen molar-refractivity contribution in [2.24, 2.45) is 0 Å². The highest BCUT2D eigenvalue weighted by atomic mass is 19.1. The molecule has 0 radical (unpaired) electrons. The monoisotopic (exact) mass is 541 g/mol. The van der Waals surface area contributed by atoms with Gasteiger partial charge in [-0.25, -0.2) is 28.5 Å². The number of carbonyl (C=O) groups excluding carboxylic acids is 1. The minimum absolute atomic E-state index is 0.237. The van der Waals surface area contributed by atoms with Crippen molar-refractivity contribution in [2.75, 3.05) is 25.2 Å². The number of hydrogen-bond donors (Lipinski definition) is 0. The molecule has 2 aromatic carbocycles. The quantitative estimate of drug-likeness (QED) is 0.254. The van der Waals surface area contributed by atoms with E-state index in [9.17, 15) is 9.18 Å². The third kappa shape index (κ3) is 4.72. The number of carbonyl (C=O) groups is 1. The molecule has 202 valence electrons. The van der Waals surface area contributed by atoms with Crippen LogP contribution in [-0.2, 0) is 11.2 Å². The van der Waals surface area contributed by atoms with Crippen LogP contribution >= 0.6 is 0 Å². The third-order valence-corrected chi connectivity index (χ3v) is 7.06. The van der Waals surface area contributed by atoms with E-state index < -0.39 is 11.9 Å². The van der Waals surface area contributed by atoms with Gasteiger partial charge in [0.05, 0.1) is 30.7 Å². The lowest BCUT2D eigenvalue weighted by Crippen LogP contribution is -2.24. The van der Waals surface area contributed by atoms with Gasteiger partial charge in [-0.3, -0.25) is 4.90 Å². The summed E-state index contributed by atoms with van der Waals surface area (Å²) < 4.78 is 41.2. The molecule has 40 heavy (non-hydrogen) atoms. The minimum atomic E-state index is -0.423. The molecule has 0 unspecified atom stereocenters. The second kappa shape index (κ2) is 10.4. The van der Waals surface area contributed by atoms with E-state index in [1.807, 2.05) is 17.6 Å². The van der Waals surface area contributed by atoms with E-state index in [2.05, 4.69) is 9.97 Å². The van der Waals surface area contributed by atoms with Gasteiger partial charge in [-0.2, -0.15) is 0 Å². The Labute approximate surface area is 228 Å². The number of nitrogens with zero attached hydrogens (tertiary/aromatic N) is 5. The second-order valence-electron chi connectivity index (χ2n) is 9.50. The molecule has 0 aliphatic carbocycles. The van der Waals surface area contributed by atoms with E-state index in [4.69, 9.17) is 14.5 Å². The molecule has 1 aliphatic heterocycles. The number of hydrogen-bond acceptors (Lipinski definition) is 6. The van der Waals surface area contributed by atoms with Crippen LogP contribution in [0.25, 0.3) is 22.2 Å². The number of cyclic esters (lactones) is 1. The number of aromatic nitrogens is 4. The van der Waals surface area contributed by atoms with E-state index in [0.29, 0.717) is 53.7 Å². The number of anilines is 1. The first-order valence-electron chi connectivity index (χ1n) is 12.8. The Kier molecular flexibility index (Phi) is 6.59. The Morgan fingerprint density at radius 2 is 1.85 bits per heavy atom. The van der Waals surface area contributed by atoms with Crippen LogP contribution in [0.5, 0.6) is 5.88 Å². The Balaban J connectivity index is 1.43. The largest absolute Gasteiger partial charge is 0.481 e. The van der Waals surface area contributed by atoms with Crippen LogP contribution in [0.15, 0.2) is 73.1 Å². The number of fused-ring (bicyclic) bond motifs is 1. The lowest BCUT2D eigenvalue weighted by atomic mass is 10.0. The van der Waals surface area contributed by atoms with Crippen molar-refractivity contribution in [3.05, 3.63) is 102 Å². The number of ether oxygens (including phenoxy) is 2. The zero-order valence-corrected chi connectivity index (χ0v) is 21.8. The van der Waals surface area contributed by atoms with Crippen LogP contribution < -0.4 is 9.64 Å². The molecule has 10 heteroatoms. The molecule has 0 spiro atoms. The fraction of sp³-hybridized carbons (Fsp3) is 0.200. The summed E-state index contributed by atoms with van der Waals surface area (Å²) in [4.78, 5) is 26.9. The van der Waals surface area contributed by atoms with Crippen molar-refractivity contribution in [2.45, 2.75) is 19.4 Å². The smallest absolute Gasteiger partial charge is 0.415 e. The maximum absolute atomic E-state index is 15.3. The summed E-state index contributed by atoms with van der Waals surface area (Å²) in [5.41, 5.74) is 3.94. The first-order valence-corrected chi connectivity index (χ1v) is 12.8. The van der Waals surface area contributed by atoms with Crippen LogP contribution in [0.1, 0.15) is 29.9 Å². The van der Waals surface area contributed by atoms with Gasteiger partial charge in [-0.15, -0.1) is 0 Å². The predicted octanol–water partition coefficient (Wildman–Crippen LogP) is 5.94. The molecule has 0 saturated carbocycles. The molecule has 1 aliphatic rings. The van der Waals surface area contributed by atoms with E-state index in [-0.39, 0.29) is 11.9 Å². The van der Waals surface area contributed by atoms with Gasteiger partial charge in [0.25, 0.3) is 0 Å². The van der Waals surface area contributed by atoms with Crippen molar-refractivity contribution in [1.82, 2.24) is 19.5 Å². The summed E-state index contributed by atoms with van der Waals surface area (Å²) in [6.45, 7) is 2.78. The fourth-order valence-corrected chi connectivity index (χ4v) is 4.96. The standard InChI is InChI=1S/C30H25F2N5O3/c1-18(20-4-7-22(31)8-5-20)37-26-14-23(21-6-10-29(39-2)34-17-21)24(32)15-25(26)35-28(37)13-19-3-9-27(33-16-19)36-11-12-40-30(36)38/h3-10,14-18H,11-13H2,1-2H3/t18-/m0/s1. The molecule has 4 heterocycles. The molecular formula is C30H25F2N5O3. The summed E-state index contributed by atoms with van der Waals surface area (Å²) in [6.07, 6.45) is 3.25. The SMILES string of the molecule is COc1ccc(-c2cc3c(cc2F)nc(Cc2ccc(N4CCOC4=O)nc2)n3[C@@H](C)c2ccc(F)cc2)cn1. The molecule has 1 fully saturated rings. The molecule has 1 saturated heterocycles. The highest BCUT2D eigenvalue weighted by Crippen LogP contribution is 2.33. The third-order valence-electron chi connectivity index (χ3n) is 7.06. The van der Waals surface area contributed by atoms with Crippen LogP contribution in [0.4, 0.5) is 19.4 Å². The summed E-state index contributed by atoms with van der Waals surface area (Å²) in [6, 6.07) is 16.4. The summed E-state index contributed by atoms with van der Waals surface area (Å²) >= 11 is 0. The maximum Gasteiger partial charge on any atom is 0.415 e. The van der Waals surface area contributed by atoms with Crippen LogP contribution in [0.3, 0.4) is 0 Å². The average Bonchev–Trinajstić information content (AvgIpc) is 3.55. The molecule has 5 aromatic rings. The number of imidazole rings is 1. The summed E-state index contributed by atoms with van der Waals surface area (Å²) in [5, 5.41) is 0. The summed E-state index contributed by atoms with van der Waals surface area (Å²) in [5.74, 6) is 0.888. The van der Waals surface area contributed by atoms with Gasteiger partial charge in [-0.1, -0.05) is 18.2 Å². The van der Waals surface area contributed by atoms with Gasteiger partial charge in [0.15, 0.2) is 0 Å². The molecule has 8 nitrogen and oxygen atoms in total. The normalized spacial score (nSPS) is 14.0. The number of halogens is 2. The van der Waals surface area contributed by atoms with Crippen LogP contribution in [0.2, 0.25) is 0 Å². The van der Waals surface area contributed by atoms with E-state index >= 15 is 4.39 Å². The number of rotatable bonds is 7. The molecule has 6 rings (SSSR count). The van der Waals surface area contributed by atoms with Crippen molar-refractivity contribution < 1.29 is 23.0 Å². The number of benzene rings is 2. The van der Waals surface area contributed by atoms with Crippen molar-refractivity contribution in [3.8, 4) is 17.0 Å². The zero-order chi connectivity index (χ0) is 27.8. The molecule has 1 atom stereocenters. The van der Waals surface area contributed by atoms with Crippen LogP contribution in [0, 0.1) is 11.6 Å². The van der Waals surface area contributed by atoms with Gasteiger partial charge < -0.3 is 14.0 Å². The summed E-state index contributed by atoms with van der Waals surface area (Å²) in [7, 11) is 1.52. The highest BCUT2D eigenvalue weighted by Gasteiger charge is 2.25. The van der Waals surface area contributed by atoms with Crippen molar-refractivity contribution in [1.29, 1.82) is 0 Å². The zero-order valence-electron chi connectivity index (χ0n) is 21.8. The van der Waals surface area contributed by atoms with Gasteiger partial charge in [0.2, 0.25) is 5.88 Å². The molecule has 0 N–H and O–H groups in total. The van der Waals surface area contributed by atoms with Crippen LogP contribution in [-0.4, -0.2) is 45.9 Å². The lowest BCUT2D eigenvalue weighted by Gasteiger charge is -2.19. The predicted molar refractivity (Wildman–Crippen MR) is 145 cm³/mol.